The summed E-state index contributed by atoms with van der Waals surface area (Å²) in [5.41, 5.74) is 3.68. The molecule has 33 heavy (non-hydrogen) atoms. The molecule has 0 bridgehead atoms. The van der Waals surface area contributed by atoms with E-state index in [1.54, 1.807) is 19.1 Å². The highest BCUT2D eigenvalue weighted by Crippen LogP contribution is 2.32. The van der Waals surface area contributed by atoms with E-state index in [9.17, 15) is 13.2 Å². The van der Waals surface area contributed by atoms with Gasteiger partial charge in [0, 0.05) is 30.0 Å². The van der Waals surface area contributed by atoms with Crippen LogP contribution in [0.25, 0.3) is 0 Å². The summed E-state index contributed by atoms with van der Waals surface area (Å²) in [5, 5.41) is 4.24. The molecule has 1 heterocycles. The summed E-state index contributed by atoms with van der Waals surface area (Å²) in [6.07, 6.45) is 5.93. The Morgan fingerprint density at radius 1 is 1.21 bits per heavy atom. The minimum atomic E-state index is -4.40. The summed E-state index contributed by atoms with van der Waals surface area (Å²) in [4.78, 5) is 2.18. The van der Waals surface area contributed by atoms with E-state index in [1.165, 1.54) is 12.2 Å². The number of halogens is 4. The molecule has 1 fully saturated rings. The quantitative estimate of drug-likeness (QED) is 0.395. The van der Waals surface area contributed by atoms with Gasteiger partial charge in [0.1, 0.15) is 0 Å². The second-order valence-corrected chi connectivity index (χ2v) is 8.85. The van der Waals surface area contributed by atoms with Crippen LogP contribution in [0, 0.1) is 0 Å². The SMILES string of the molecule is C\C=C/C(=C\C(=C\CC)C(F)(F)F)C(/C=C1/C(Nc2ccc(Cl)cc2)CCCN1C)=C(C)C. The van der Waals surface area contributed by atoms with Gasteiger partial charge < -0.3 is 10.2 Å². The first-order valence-corrected chi connectivity index (χ1v) is 11.7. The Hall–Kier alpha value is -2.40. The van der Waals surface area contributed by atoms with E-state index in [2.05, 4.69) is 10.2 Å². The predicted molar refractivity (Wildman–Crippen MR) is 135 cm³/mol. The molecular weight excluding hydrogens is 445 g/mol. The third-order valence-corrected chi connectivity index (χ3v) is 5.77. The zero-order valence-corrected chi connectivity index (χ0v) is 20.8. The molecule has 1 aliphatic heterocycles. The number of allylic oxidation sites excluding steroid dienone is 9. The molecule has 1 saturated heterocycles. The number of rotatable bonds is 7. The van der Waals surface area contributed by atoms with Crippen molar-refractivity contribution in [2.45, 2.75) is 59.2 Å². The van der Waals surface area contributed by atoms with Gasteiger partial charge >= 0.3 is 6.18 Å². The van der Waals surface area contributed by atoms with Crippen molar-refractivity contribution in [1.82, 2.24) is 4.90 Å². The van der Waals surface area contributed by atoms with Gasteiger partial charge in [-0.05, 0) is 87.6 Å². The standard InChI is InChI=1S/C27H34ClF3N2/c1-6-9-20(17-21(10-7-2)27(29,30)31)24(19(3)4)18-26-25(11-8-16-33(26)5)32-23-14-12-22(28)13-15-23/h6,9-10,12-15,17-18,25,32H,7-8,11,16H2,1-5H3/b9-6-,20-17+,21-10-,26-18-. The average Bonchev–Trinajstić information content (AvgIpc) is 2.73. The van der Waals surface area contributed by atoms with E-state index < -0.39 is 11.7 Å². The molecule has 0 aliphatic carbocycles. The van der Waals surface area contributed by atoms with Gasteiger partial charge in [0.2, 0.25) is 0 Å². The molecule has 1 aromatic carbocycles. The van der Waals surface area contributed by atoms with Gasteiger partial charge in [0.05, 0.1) is 11.6 Å². The monoisotopic (exact) mass is 478 g/mol. The van der Waals surface area contributed by atoms with Crippen LogP contribution in [0.5, 0.6) is 0 Å². The predicted octanol–water partition coefficient (Wildman–Crippen LogP) is 8.47. The first-order valence-electron chi connectivity index (χ1n) is 11.3. The highest BCUT2D eigenvalue weighted by atomic mass is 35.5. The summed E-state index contributed by atoms with van der Waals surface area (Å²) < 4.78 is 40.9. The Morgan fingerprint density at radius 2 is 1.88 bits per heavy atom. The van der Waals surface area contributed by atoms with E-state index >= 15 is 0 Å². The number of nitrogens with zero attached hydrogens (tertiary/aromatic N) is 1. The number of likely N-dealkylation sites (tertiary alicyclic amines) is 1. The first-order chi connectivity index (χ1) is 15.6. The lowest BCUT2D eigenvalue weighted by Crippen LogP contribution is -2.37. The van der Waals surface area contributed by atoms with Crippen LogP contribution in [0.4, 0.5) is 18.9 Å². The summed E-state index contributed by atoms with van der Waals surface area (Å²) >= 11 is 6.02. The number of hydrogen-bond acceptors (Lipinski definition) is 2. The maximum absolute atomic E-state index is 13.6. The number of alkyl halides is 3. The van der Waals surface area contributed by atoms with Crippen LogP contribution < -0.4 is 5.32 Å². The van der Waals surface area contributed by atoms with Crippen molar-refractivity contribution in [3.05, 3.63) is 87.7 Å². The molecule has 0 radical (unpaired) electrons. The average molecular weight is 479 g/mol. The Kier molecular flexibility index (Phi) is 9.90. The molecule has 1 aromatic rings. The van der Waals surface area contributed by atoms with Crippen molar-refractivity contribution in [3.63, 3.8) is 0 Å². The van der Waals surface area contributed by atoms with Crippen molar-refractivity contribution in [2.75, 3.05) is 18.9 Å². The van der Waals surface area contributed by atoms with Crippen LogP contribution >= 0.6 is 11.6 Å². The normalized spacial score (nSPS) is 19.4. The molecule has 180 valence electrons. The first kappa shape index (κ1) is 26.8. The fourth-order valence-electron chi connectivity index (χ4n) is 3.88. The largest absolute Gasteiger partial charge is 0.416 e. The topological polar surface area (TPSA) is 15.3 Å². The molecule has 0 aromatic heterocycles. The number of anilines is 1. The van der Waals surface area contributed by atoms with Gasteiger partial charge in [0.15, 0.2) is 0 Å². The maximum atomic E-state index is 13.6. The summed E-state index contributed by atoms with van der Waals surface area (Å²) in [6.45, 7) is 8.30. The molecule has 0 spiro atoms. The van der Waals surface area contributed by atoms with Crippen molar-refractivity contribution < 1.29 is 13.2 Å². The van der Waals surface area contributed by atoms with Crippen LogP contribution in [-0.2, 0) is 0 Å². The van der Waals surface area contributed by atoms with Crippen LogP contribution in [-0.4, -0.2) is 30.7 Å². The second-order valence-electron chi connectivity index (χ2n) is 8.42. The van der Waals surface area contributed by atoms with E-state index in [0.29, 0.717) is 17.0 Å². The Morgan fingerprint density at radius 3 is 2.42 bits per heavy atom. The van der Waals surface area contributed by atoms with Gasteiger partial charge in [-0.2, -0.15) is 13.2 Å². The zero-order chi connectivity index (χ0) is 24.6. The molecule has 0 saturated carbocycles. The molecule has 1 unspecified atom stereocenters. The molecule has 1 atom stereocenters. The number of piperidine rings is 1. The van der Waals surface area contributed by atoms with Crippen LogP contribution in [0.15, 0.2) is 82.6 Å². The van der Waals surface area contributed by atoms with Gasteiger partial charge in [-0.1, -0.05) is 42.3 Å². The van der Waals surface area contributed by atoms with E-state index in [1.807, 2.05) is 58.2 Å². The maximum Gasteiger partial charge on any atom is 0.416 e. The van der Waals surface area contributed by atoms with Crippen molar-refractivity contribution in [2.24, 2.45) is 0 Å². The highest BCUT2D eigenvalue weighted by Gasteiger charge is 2.32. The van der Waals surface area contributed by atoms with Crippen molar-refractivity contribution in [1.29, 1.82) is 0 Å². The highest BCUT2D eigenvalue weighted by molar-refractivity contribution is 6.30. The number of nitrogens with one attached hydrogen (secondary N) is 1. The smallest absolute Gasteiger partial charge is 0.377 e. The third-order valence-electron chi connectivity index (χ3n) is 5.52. The summed E-state index contributed by atoms with van der Waals surface area (Å²) in [7, 11) is 2.03. The molecule has 1 N–H and O–H groups in total. The molecule has 6 heteroatoms. The minimum Gasteiger partial charge on any atom is -0.377 e. The Balaban J connectivity index is 2.54. The molecular formula is C27H34ClF3N2. The van der Waals surface area contributed by atoms with Crippen LogP contribution in [0.3, 0.4) is 0 Å². The zero-order valence-electron chi connectivity index (χ0n) is 20.1. The lowest BCUT2D eigenvalue weighted by atomic mass is 9.93. The summed E-state index contributed by atoms with van der Waals surface area (Å²) in [5.74, 6) is 0. The van der Waals surface area contributed by atoms with E-state index in [-0.39, 0.29) is 6.04 Å². The minimum absolute atomic E-state index is 0.0411. The lowest BCUT2D eigenvalue weighted by molar-refractivity contribution is -0.0884. The van der Waals surface area contributed by atoms with Crippen molar-refractivity contribution in [3.8, 4) is 0 Å². The van der Waals surface area contributed by atoms with Crippen LogP contribution in [0.1, 0.15) is 47.0 Å². The Labute approximate surface area is 201 Å². The lowest BCUT2D eigenvalue weighted by Gasteiger charge is -2.36. The Bertz CT molecular complexity index is 947. The van der Waals surface area contributed by atoms with Crippen LogP contribution in [0.2, 0.25) is 5.02 Å². The fraction of sp³-hybridized carbons (Fsp3) is 0.407. The number of likely N-dealkylation sites (N-methyl/N-ethyl adjacent to an activating group) is 1. The van der Waals surface area contributed by atoms with Gasteiger partial charge in [0.25, 0.3) is 0 Å². The van der Waals surface area contributed by atoms with E-state index in [0.717, 1.165) is 41.9 Å². The molecule has 1 aliphatic rings. The van der Waals surface area contributed by atoms with E-state index in [4.69, 9.17) is 11.6 Å². The van der Waals surface area contributed by atoms with Gasteiger partial charge in [-0.25, -0.2) is 0 Å². The molecule has 2 rings (SSSR count). The summed E-state index contributed by atoms with van der Waals surface area (Å²) in [6, 6.07) is 7.60. The number of hydrogen-bond donors (Lipinski definition) is 1. The third kappa shape index (κ3) is 7.85. The second kappa shape index (κ2) is 12.2. The van der Waals surface area contributed by atoms with Gasteiger partial charge in [-0.3, -0.25) is 0 Å². The van der Waals surface area contributed by atoms with Gasteiger partial charge in [-0.15, -0.1) is 0 Å². The van der Waals surface area contributed by atoms with Crippen molar-refractivity contribution >= 4 is 17.3 Å². The molecule has 2 nitrogen and oxygen atoms in total. The number of benzene rings is 1. The molecule has 0 amide bonds. The fourth-order valence-corrected chi connectivity index (χ4v) is 4.01.